The average Bonchev–Trinajstić information content (AvgIpc) is 3.06. The van der Waals surface area contributed by atoms with Crippen LogP contribution < -0.4 is 14.8 Å². The summed E-state index contributed by atoms with van der Waals surface area (Å²) in [4.78, 5) is 22.9. The molecule has 1 aromatic carbocycles. The predicted octanol–water partition coefficient (Wildman–Crippen LogP) is 1.12. The molecule has 1 aromatic rings. The van der Waals surface area contributed by atoms with Crippen molar-refractivity contribution in [1.82, 2.24) is 10.0 Å². The van der Waals surface area contributed by atoms with Crippen LogP contribution >= 0.6 is 0 Å². The third-order valence-electron chi connectivity index (χ3n) is 4.11. The Kier molecular flexibility index (Phi) is 6.02. The highest BCUT2D eigenvalue weighted by molar-refractivity contribution is 7.89. The van der Waals surface area contributed by atoms with Gasteiger partial charge in [-0.2, -0.15) is 0 Å². The topological polar surface area (TPSA) is 122 Å². The van der Waals surface area contributed by atoms with Gasteiger partial charge in [0.15, 0.2) is 0 Å². The number of benzene rings is 1. The molecule has 0 aliphatic heterocycles. The number of carboxylic acid groups (broad SMARTS) is 1. The zero-order valence-corrected chi connectivity index (χ0v) is 14.9. The molecule has 3 N–H and O–H groups in total. The van der Waals surface area contributed by atoms with Crippen LogP contribution in [0.4, 0.5) is 0 Å². The number of hydrogen-bond donors (Lipinski definition) is 3. The minimum Gasteiger partial charge on any atom is -0.495 e. The number of carbonyl (C=O) groups excluding carboxylic acids is 1. The van der Waals surface area contributed by atoms with Gasteiger partial charge < -0.3 is 15.2 Å². The van der Waals surface area contributed by atoms with Crippen LogP contribution in [0.2, 0.25) is 0 Å². The van der Waals surface area contributed by atoms with Crippen LogP contribution in [0.25, 0.3) is 0 Å². The molecule has 0 bridgehead atoms. The maximum Gasteiger partial charge on any atom is 0.325 e. The van der Waals surface area contributed by atoms with Gasteiger partial charge in [0.1, 0.15) is 16.7 Å². The molecule has 8 nitrogen and oxygen atoms in total. The molecule has 0 aromatic heterocycles. The van der Waals surface area contributed by atoms with Gasteiger partial charge in [-0.25, -0.2) is 13.1 Å². The summed E-state index contributed by atoms with van der Waals surface area (Å²) < 4.78 is 33.1. The summed E-state index contributed by atoms with van der Waals surface area (Å²) in [5.41, 5.74) is 0.0423. The summed E-state index contributed by atoms with van der Waals surface area (Å²) in [5, 5.41) is 11.2. The van der Waals surface area contributed by atoms with Crippen LogP contribution in [0.15, 0.2) is 23.1 Å². The van der Waals surface area contributed by atoms with Crippen molar-refractivity contribution in [3.8, 4) is 5.75 Å². The molecular formula is C16H22N2O6S. The zero-order chi connectivity index (χ0) is 18.6. The number of rotatable bonds is 7. The summed E-state index contributed by atoms with van der Waals surface area (Å²) in [5.74, 6) is -1.74. The van der Waals surface area contributed by atoms with Crippen LogP contribution in [0.5, 0.6) is 5.75 Å². The maximum atomic E-state index is 12.7. The van der Waals surface area contributed by atoms with Gasteiger partial charge >= 0.3 is 5.97 Å². The number of carbonyl (C=O) groups is 2. The van der Waals surface area contributed by atoms with Crippen LogP contribution in [0, 0.1) is 0 Å². The van der Waals surface area contributed by atoms with E-state index >= 15 is 0 Å². The number of sulfonamides is 1. The Labute approximate surface area is 146 Å². The SMILES string of the molecule is COc1ccc(C(=O)N[C@H](C)C(=O)O)cc1S(=O)(=O)NC1CCCC1. The van der Waals surface area contributed by atoms with Crippen molar-refractivity contribution < 1.29 is 27.9 Å². The minimum atomic E-state index is -3.86. The van der Waals surface area contributed by atoms with Gasteiger partial charge in [-0.05, 0) is 38.0 Å². The van der Waals surface area contributed by atoms with Gasteiger partial charge in [-0.3, -0.25) is 9.59 Å². The number of aliphatic carboxylic acids is 1. The summed E-state index contributed by atoms with van der Waals surface area (Å²) in [7, 11) is -2.52. The summed E-state index contributed by atoms with van der Waals surface area (Å²) in [6.45, 7) is 1.32. The molecule has 1 aliphatic rings. The first-order valence-electron chi connectivity index (χ1n) is 7.98. The molecule has 1 saturated carbocycles. The van der Waals surface area contributed by atoms with E-state index in [9.17, 15) is 18.0 Å². The highest BCUT2D eigenvalue weighted by Gasteiger charge is 2.27. The van der Waals surface area contributed by atoms with Crippen molar-refractivity contribution in [2.24, 2.45) is 0 Å². The fraction of sp³-hybridized carbons (Fsp3) is 0.500. The van der Waals surface area contributed by atoms with Crippen LogP contribution in [-0.2, 0) is 14.8 Å². The van der Waals surface area contributed by atoms with Crippen molar-refractivity contribution in [2.45, 2.75) is 49.6 Å². The van der Waals surface area contributed by atoms with Crippen molar-refractivity contribution in [3.05, 3.63) is 23.8 Å². The molecule has 0 radical (unpaired) electrons. The molecule has 1 aliphatic carbocycles. The number of carboxylic acids is 1. The first kappa shape index (κ1) is 19.2. The molecule has 138 valence electrons. The molecular weight excluding hydrogens is 348 g/mol. The Morgan fingerprint density at radius 3 is 2.48 bits per heavy atom. The Bertz CT molecular complexity index is 756. The Morgan fingerprint density at radius 2 is 1.92 bits per heavy atom. The number of nitrogens with one attached hydrogen (secondary N) is 2. The fourth-order valence-electron chi connectivity index (χ4n) is 2.70. The van der Waals surface area contributed by atoms with E-state index in [1.165, 1.54) is 32.2 Å². The summed E-state index contributed by atoms with van der Waals surface area (Å²) >= 11 is 0. The lowest BCUT2D eigenvalue weighted by atomic mass is 10.2. The third-order valence-corrected chi connectivity index (χ3v) is 5.65. The summed E-state index contributed by atoms with van der Waals surface area (Å²) in [6.07, 6.45) is 3.50. The van der Waals surface area contributed by atoms with E-state index in [2.05, 4.69) is 10.0 Å². The number of ether oxygens (including phenoxy) is 1. The second-order valence-corrected chi connectivity index (χ2v) is 7.68. The van der Waals surface area contributed by atoms with Crippen LogP contribution in [-0.4, -0.2) is 44.6 Å². The Hall–Kier alpha value is -2.13. The standard InChI is InChI=1S/C16H22N2O6S/c1-10(16(20)21)17-15(19)11-7-8-13(24-2)14(9-11)25(22,23)18-12-5-3-4-6-12/h7-10,12,18H,3-6H2,1-2H3,(H,17,19)(H,20,21)/t10-/m1/s1. The van der Waals surface area contributed by atoms with Crippen molar-refractivity contribution >= 4 is 21.9 Å². The molecule has 0 unspecified atom stereocenters. The van der Waals surface area contributed by atoms with Gasteiger partial charge in [-0.15, -0.1) is 0 Å². The molecule has 1 atom stereocenters. The highest BCUT2D eigenvalue weighted by Crippen LogP contribution is 2.27. The fourth-order valence-corrected chi connectivity index (χ4v) is 4.20. The summed E-state index contributed by atoms with van der Waals surface area (Å²) in [6, 6.07) is 2.74. The van der Waals surface area contributed by atoms with Gasteiger partial charge in [0.2, 0.25) is 10.0 Å². The third kappa shape index (κ3) is 4.70. The second kappa shape index (κ2) is 7.83. The number of methoxy groups -OCH3 is 1. The van der Waals surface area contributed by atoms with Crippen LogP contribution in [0.1, 0.15) is 43.0 Å². The molecule has 1 fully saturated rings. The van der Waals surface area contributed by atoms with Crippen molar-refractivity contribution in [1.29, 1.82) is 0 Å². The Balaban J connectivity index is 2.29. The van der Waals surface area contributed by atoms with E-state index in [0.29, 0.717) is 0 Å². The zero-order valence-electron chi connectivity index (χ0n) is 14.1. The van der Waals surface area contributed by atoms with Gasteiger partial charge in [0, 0.05) is 11.6 Å². The van der Waals surface area contributed by atoms with Crippen LogP contribution in [0.3, 0.4) is 0 Å². The van der Waals surface area contributed by atoms with E-state index in [-0.39, 0.29) is 22.3 Å². The lowest BCUT2D eigenvalue weighted by molar-refractivity contribution is -0.138. The van der Waals surface area contributed by atoms with E-state index < -0.39 is 27.9 Å². The smallest absolute Gasteiger partial charge is 0.325 e. The number of hydrogen-bond acceptors (Lipinski definition) is 5. The molecule has 25 heavy (non-hydrogen) atoms. The maximum absolute atomic E-state index is 12.7. The quantitative estimate of drug-likeness (QED) is 0.661. The van der Waals surface area contributed by atoms with E-state index in [0.717, 1.165) is 25.7 Å². The minimum absolute atomic E-state index is 0.0423. The molecule has 0 spiro atoms. The van der Waals surface area contributed by atoms with E-state index in [1.54, 1.807) is 0 Å². The van der Waals surface area contributed by atoms with E-state index in [1.807, 2.05) is 0 Å². The highest BCUT2D eigenvalue weighted by atomic mass is 32.2. The van der Waals surface area contributed by atoms with Crippen molar-refractivity contribution in [2.75, 3.05) is 7.11 Å². The van der Waals surface area contributed by atoms with Gasteiger partial charge in [0.25, 0.3) is 5.91 Å². The predicted molar refractivity (Wildman–Crippen MR) is 90.1 cm³/mol. The monoisotopic (exact) mass is 370 g/mol. The van der Waals surface area contributed by atoms with Crippen molar-refractivity contribution in [3.63, 3.8) is 0 Å². The average molecular weight is 370 g/mol. The van der Waals surface area contributed by atoms with E-state index in [4.69, 9.17) is 9.84 Å². The largest absolute Gasteiger partial charge is 0.495 e. The molecule has 0 heterocycles. The van der Waals surface area contributed by atoms with Gasteiger partial charge in [-0.1, -0.05) is 12.8 Å². The van der Waals surface area contributed by atoms with Gasteiger partial charge in [0.05, 0.1) is 7.11 Å². The molecule has 1 amide bonds. The first-order valence-corrected chi connectivity index (χ1v) is 9.47. The Morgan fingerprint density at radius 1 is 1.28 bits per heavy atom. The second-order valence-electron chi connectivity index (χ2n) is 6.00. The molecule has 2 rings (SSSR count). The lowest BCUT2D eigenvalue weighted by Gasteiger charge is -2.16. The molecule has 0 saturated heterocycles. The lowest BCUT2D eigenvalue weighted by Crippen LogP contribution is -2.38. The first-order chi connectivity index (χ1) is 11.7. The normalized spacial score (nSPS) is 16.4. The molecule has 9 heteroatoms. The number of amides is 1.